The van der Waals surface area contributed by atoms with E-state index >= 15 is 0 Å². The molecule has 0 saturated heterocycles. The second-order valence-corrected chi connectivity index (χ2v) is 8.38. The summed E-state index contributed by atoms with van der Waals surface area (Å²) >= 11 is 0. The average molecular weight is 341 g/mol. The smallest absolute Gasteiger partial charge is 0.207 e. The number of sulfonamides is 1. The normalized spacial score (nSPS) is 18.7. The number of aryl methyl sites for hydroxylation is 2. The van der Waals surface area contributed by atoms with Crippen LogP contribution in [0.2, 0.25) is 0 Å². The maximum Gasteiger partial charge on any atom is 0.243 e. The lowest BCUT2D eigenvalue weighted by molar-refractivity contribution is 0.430. The van der Waals surface area contributed by atoms with E-state index in [1.54, 1.807) is 16.4 Å². The molecule has 0 unspecified atom stereocenters. The largest absolute Gasteiger partial charge is 0.243 e. The predicted molar refractivity (Wildman–Crippen MR) is 97.3 cm³/mol. The number of hydrogen-bond acceptors (Lipinski definition) is 2. The maximum absolute atomic E-state index is 13.1. The molecule has 0 N–H and O–H groups in total. The molecule has 126 valence electrons. The Morgan fingerprint density at radius 1 is 0.875 bits per heavy atom. The summed E-state index contributed by atoms with van der Waals surface area (Å²) < 4.78 is 27.9. The first-order valence-electron chi connectivity index (χ1n) is 8.26. The van der Waals surface area contributed by atoms with Crippen molar-refractivity contribution in [3.63, 3.8) is 0 Å². The first kappa shape index (κ1) is 16.9. The van der Waals surface area contributed by atoms with Crippen LogP contribution < -0.4 is 0 Å². The molecule has 0 aliphatic carbocycles. The van der Waals surface area contributed by atoms with Crippen LogP contribution in [0.15, 0.2) is 65.1 Å². The van der Waals surface area contributed by atoms with Crippen LogP contribution in [0.25, 0.3) is 0 Å². The van der Waals surface area contributed by atoms with Gasteiger partial charge in [0.15, 0.2) is 0 Å². The van der Waals surface area contributed by atoms with Crippen LogP contribution in [-0.2, 0) is 23.0 Å². The van der Waals surface area contributed by atoms with Crippen LogP contribution in [0, 0.1) is 6.92 Å². The van der Waals surface area contributed by atoms with Crippen LogP contribution in [0.1, 0.15) is 30.0 Å². The van der Waals surface area contributed by atoms with Gasteiger partial charge in [-0.05, 0) is 49.9 Å². The van der Waals surface area contributed by atoms with Gasteiger partial charge in [-0.1, -0.05) is 53.6 Å². The highest BCUT2D eigenvalue weighted by Gasteiger charge is 2.26. The standard InChI is InChI=1S/C20H23NO2S/c1-16-10-12-20(13-11-16)24(22,23)21-14-17(2)6-5-9-18-7-3-4-8-19(18)15-21/h3-4,6-8,10-13H,5,9,14-15H2,1-2H3/b17-6+. The molecule has 1 aliphatic heterocycles. The zero-order chi connectivity index (χ0) is 17.2. The van der Waals surface area contributed by atoms with Gasteiger partial charge >= 0.3 is 0 Å². The molecule has 1 heterocycles. The Morgan fingerprint density at radius 2 is 1.54 bits per heavy atom. The lowest BCUT2D eigenvalue weighted by atomic mass is 10.0. The summed E-state index contributed by atoms with van der Waals surface area (Å²) in [4.78, 5) is 0.359. The van der Waals surface area contributed by atoms with E-state index in [0.717, 1.165) is 29.5 Å². The lowest BCUT2D eigenvalue weighted by Crippen LogP contribution is -2.32. The Labute approximate surface area is 144 Å². The third kappa shape index (κ3) is 3.60. The van der Waals surface area contributed by atoms with Gasteiger partial charge in [-0.25, -0.2) is 8.42 Å². The quantitative estimate of drug-likeness (QED) is 0.772. The summed E-state index contributed by atoms with van der Waals surface area (Å²) in [6.07, 6.45) is 4.05. The van der Waals surface area contributed by atoms with Crippen molar-refractivity contribution in [1.29, 1.82) is 0 Å². The van der Waals surface area contributed by atoms with Crippen molar-refractivity contribution in [2.75, 3.05) is 6.54 Å². The summed E-state index contributed by atoms with van der Waals surface area (Å²) in [5.74, 6) is 0. The Balaban J connectivity index is 2.02. The summed E-state index contributed by atoms with van der Waals surface area (Å²) in [5.41, 5.74) is 4.47. The van der Waals surface area contributed by atoms with Crippen molar-refractivity contribution in [3.05, 3.63) is 76.9 Å². The highest BCUT2D eigenvalue weighted by molar-refractivity contribution is 7.89. The molecule has 0 spiro atoms. The molecule has 4 heteroatoms. The van der Waals surface area contributed by atoms with E-state index in [-0.39, 0.29) is 0 Å². The highest BCUT2D eigenvalue weighted by Crippen LogP contribution is 2.24. The van der Waals surface area contributed by atoms with E-state index in [0.29, 0.717) is 18.0 Å². The van der Waals surface area contributed by atoms with Gasteiger partial charge in [0.25, 0.3) is 0 Å². The van der Waals surface area contributed by atoms with Crippen LogP contribution in [-0.4, -0.2) is 19.3 Å². The summed E-state index contributed by atoms with van der Waals surface area (Å²) in [6.45, 7) is 4.82. The van der Waals surface area contributed by atoms with Gasteiger partial charge in [0.1, 0.15) is 0 Å². The highest BCUT2D eigenvalue weighted by atomic mass is 32.2. The molecule has 0 radical (unpaired) electrons. The van der Waals surface area contributed by atoms with Crippen LogP contribution in [0.3, 0.4) is 0 Å². The van der Waals surface area contributed by atoms with E-state index in [4.69, 9.17) is 0 Å². The number of hydrogen-bond donors (Lipinski definition) is 0. The fourth-order valence-corrected chi connectivity index (χ4v) is 4.51. The second kappa shape index (κ2) is 6.91. The number of allylic oxidation sites excluding steroid dienone is 1. The SMILES string of the molecule is C/C1=C\CCc2ccccc2CN(S(=O)(=O)c2ccc(C)cc2)C1. The van der Waals surface area contributed by atoms with Gasteiger partial charge in [-0.2, -0.15) is 4.31 Å². The second-order valence-electron chi connectivity index (χ2n) is 6.44. The summed E-state index contributed by atoms with van der Waals surface area (Å²) in [5, 5.41) is 0. The molecule has 24 heavy (non-hydrogen) atoms. The van der Waals surface area contributed by atoms with Gasteiger partial charge in [-0.3, -0.25) is 0 Å². The fraction of sp³-hybridized carbons (Fsp3) is 0.300. The van der Waals surface area contributed by atoms with Gasteiger partial charge in [-0.15, -0.1) is 0 Å². The first-order chi connectivity index (χ1) is 11.5. The topological polar surface area (TPSA) is 37.4 Å². The number of nitrogens with zero attached hydrogens (tertiary/aromatic N) is 1. The van der Waals surface area contributed by atoms with Gasteiger partial charge in [0.05, 0.1) is 4.90 Å². The van der Waals surface area contributed by atoms with Crippen molar-refractivity contribution in [3.8, 4) is 0 Å². The van der Waals surface area contributed by atoms with Crippen molar-refractivity contribution < 1.29 is 8.42 Å². The molecular formula is C20H23NO2S. The first-order valence-corrected chi connectivity index (χ1v) is 9.70. The molecule has 2 aromatic rings. The molecule has 3 nitrogen and oxygen atoms in total. The van der Waals surface area contributed by atoms with Gasteiger partial charge in [0.2, 0.25) is 10.0 Å². The van der Waals surface area contributed by atoms with Gasteiger partial charge in [0, 0.05) is 13.1 Å². The Morgan fingerprint density at radius 3 is 2.25 bits per heavy atom. The van der Waals surface area contributed by atoms with Crippen LogP contribution >= 0.6 is 0 Å². The molecule has 0 fully saturated rings. The molecule has 0 saturated carbocycles. The summed E-state index contributed by atoms with van der Waals surface area (Å²) in [7, 11) is -3.52. The molecule has 3 rings (SSSR count). The fourth-order valence-electron chi connectivity index (χ4n) is 3.05. The van der Waals surface area contributed by atoms with Crippen LogP contribution in [0.4, 0.5) is 0 Å². The van der Waals surface area contributed by atoms with Crippen molar-refractivity contribution in [2.24, 2.45) is 0 Å². The predicted octanol–water partition coefficient (Wildman–Crippen LogP) is 4.08. The molecule has 0 bridgehead atoms. The van der Waals surface area contributed by atoms with E-state index in [2.05, 4.69) is 12.1 Å². The Kier molecular flexibility index (Phi) is 4.88. The molecule has 0 aromatic heterocycles. The minimum atomic E-state index is -3.52. The Hall–Kier alpha value is -1.91. The molecular weight excluding hydrogens is 318 g/mol. The molecule has 0 atom stereocenters. The number of benzene rings is 2. The van der Waals surface area contributed by atoms with E-state index in [1.807, 2.05) is 44.2 Å². The molecule has 2 aromatic carbocycles. The van der Waals surface area contributed by atoms with Gasteiger partial charge < -0.3 is 0 Å². The zero-order valence-corrected chi connectivity index (χ0v) is 15.0. The molecule has 1 aliphatic rings. The molecule has 0 amide bonds. The average Bonchev–Trinajstić information content (AvgIpc) is 2.63. The monoisotopic (exact) mass is 341 g/mol. The minimum Gasteiger partial charge on any atom is -0.207 e. The number of fused-ring (bicyclic) bond motifs is 1. The third-order valence-electron chi connectivity index (χ3n) is 4.46. The van der Waals surface area contributed by atoms with Crippen molar-refractivity contribution in [1.82, 2.24) is 4.31 Å². The minimum absolute atomic E-state index is 0.359. The lowest BCUT2D eigenvalue weighted by Gasteiger charge is -2.23. The van der Waals surface area contributed by atoms with E-state index in [1.165, 1.54) is 5.56 Å². The third-order valence-corrected chi connectivity index (χ3v) is 6.26. The van der Waals surface area contributed by atoms with Crippen molar-refractivity contribution in [2.45, 2.75) is 38.1 Å². The Bertz CT molecular complexity index is 851. The van der Waals surface area contributed by atoms with E-state index < -0.39 is 10.0 Å². The summed E-state index contributed by atoms with van der Waals surface area (Å²) in [6, 6.07) is 15.2. The maximum atomic E-state index is 13.1. The van der Waals surface area contributed by atoms with Crippen molar-refractivity contribution >= 4 is 10.0 Å². The van der Waals surface area contributed by atoms with E-state index in [9.17, 15) is 8.42 Å². The zero-order valence-electron chi connectivity index (χ0n) is 14.2. The number of rotatable bonds is 2. The van der Waals surface area contributed by atoms with Crippen LogP contribution in [0.5, 0.6) is 0 Å².